The minimum absolute atomic E-state index is 0.0186. The van der Waals surface area contributed by atoms with Gasteiger partial charge in [0.05, 0.1) is 5.69 Å². The molecule has 1 aliphatic heterocycles. The highest BCUT2D eigenvalue weighted by molar-refractivity contribution is 5.89. The van der Waals surface area contributed by atoms with Crippen LogP contribution in [0.1, 0.15) is 42.3 Å². The molecule has 0 bridgehead atoms. The third kappa shape index (κ3) is 5.99. The SMILES string of the molecule is CN=C(NCc1cccc(NC(=O)N2CCCC2)c1)NC(C)Cc1c(C)nn(C)c1C. The van der Waals surface area contributed by atoms with Crippen LogP contribution in [0, 0.1) is 13.8 Å². The van der Waals surface area contributed by atoms with Crippen molar-refractivity contribution in [2.45, 2.75) is 52.6 Å². The molecule has 2 heterocycles. The molecule has 1 saturated heterocycles. The summed E-state index contributed by atoms with van der Waals surface area (Å²) in [5.41, 5.74) is 5.44. The van der Waals surface area contributed by atoms with Crippen molar-refractivity contribution in [3.05, 3.63) is 46.8 Å². The van der Waals surface area contributed by atoms with Gasteiger partial charge in [-0.05, 0) is 63.3 Å². The van der Waals surface area contributed by atoms with Crippen LogP contribution in [0.4, 0.5) is 10.5 Å². The molecule has 2 aromatic rings. The molecular formula is C23H35N7O. The minimum atomic E-state index is -0.0186. The fourth-order valence-electron chi connectivity index (χ4n) is 3.97. The van der Waals surface area contributed by atoms with Crippen molar-refractivity contribution in [2.75, 3.05) is 25.5 Å². The van der Waals surface area contributed by atoms with E-state index in [0.717, 1.165) is 55.3 Å². The number of aryl methyl sites for hydroxylation is 2. The molecule has 0 aliphatic carbocycles. The third-order valence-corrected chi connectivity index (χ3v) is 5.81. The Labute approximate surface area is 185 Å². The first kappa shape index (κ1) is 22.7. The van der Waals surface area contributed by atoms with E-state index in [1.807, 2.05) is 40.9 Å². The number of benzene rings is 1. The fourth-order valence-corrected chi connectivity index (χ4v) is 3.97. The Hall–Kier alpha value is -3.03. The second kappa shape index (κ2) is 10.3. The number of amides is 2. The van der Waals surface area contributed by atoms with Crippen molar-refractivity contribution in [1.82, 2.24) is 25.3 Å². The van der Waals surface area contributed by atoms with Crippen LogP contribution in [-0.4, -0.2) is 52.9 Å². The van der Waals surface area contributed by atoms with Crippen LogP contribution >= 0.6 is 0 Å². The number of aromatic nitrogens is 2. The normalized spacial score (nSPS) is 15.1. The van der Waals surface area contributed by atoms with Gasteiger partial charge in [-0.25, -0.2) is 4.79 Å². The molecule has 1 aromatic heterocycles. The summed E-state index contributed by atoms with van der Waals surface area (Å²) in [5, 5.41) is 14.3. The van der Waals surface area contributed by atoms with E-state index < -0.39 is 0 Å². The van der Waals surface area contributed by atoms with Crippen molar-refractivity contribution in [3.63, 3.8) is 0 Å². The number of anilines is 1. The van der Waals surface area contributed by atoms with Crippen molar-refractivity contribution in [3.8, 4) is 0 Å². The Bertz CT molecular complexity index is 928. The summed E-state index contributed by atoms with van der Waals surface area (Å²) in [6.07, 6.45) is 3.05. The zero-order valence-corrected chi connectivity index (χ0v) is 19.3. The van der Waals surface area contributed by atoms with Gasteiger partial charge in [-0.15, -0.1) is 0 Å². The van der Waals surface area contributed by atoms with Gasteiger partial charge in [-0.1, -0.05) is 12.1 Å². The van der Waals surface area contributed by atoms with Gasteiger partial charge in [-0.3, -0.25) is 9.67 Å². The molecule has 0 radical (unpaired) electrons. The Kier molecular flexibility index (Phi) is 7.55. The van der Waals surface area contributed by atoms with Gasteiger partial charge in [0.1, 0.15) is 0 Å². The molecule has 1 atom stereocenters. The predicted octanol–water partition coefficient (Wildman–Crippen LogP) is 2.96. The lowest BCUT2D eigenvalue weighted by molar-refractivity contribution is 0.222. The van der Waals surface area contributed by atoms with Gasteiger partial charge in [-0.2, -0.15) is 5.10 Å². The average Bonchev–Trinajstić information content (AvgIpc) is 3.36. The molecule has 1 aromatic carbocycles. The summed E-state index contributed by atoms with van der Waals surface area (Å²) in [7, 11) is 3.75. The lowest BCUT2D eigenvalue weighted by Crippen LogP contribution is -2.42. The van der Waals surface area contributed by atoms with E-state index in [4.69, 9.17) is 0 Å². The topological polar surface area (TPSA) is 86.6 Å². The van der Waals surface area contributed by atoms with Crippen molar-refractivity contribution in [1.29, 1.82) is 0 Å². The van der Waals surface area contributed by atoms with Crippen LogP contribution in [-0.2, 0) is 20.0 Å². The number of urea groups is 1. The molecule has 8 nitrogen and oxygen atoms in total. The molecule has 31 heavy (non-hydrogen) atoms. The largest absolute Gasteiger partial charge is 0.354 e. The first-order valence-corrected chi connectivity index (χ1v) is 11.0. The Balaban J connectivity index is 1.52. The van der Waals surface area contributed by atoms with Crippen molar-refractivity contribution < 1.29 is 4.79 Å². The number of likely N-dealkylation sites (tertiary alicyclic amines) is 1. The van der Waals surface area contributed by atoms with Gasteiger partial charge < -0.3 is 20.9 Å². The first-order valence-electron chi connectivity index (χ1n) is 11.0. The lowest BCUT2D eigenvalue weighted by Gasteiger charge is -2.19. The highest BCUT2D eigenvalue weighted by atomic mass is 16.2. The second-order valence-corrected chi connectivity index (χ2v) is 8.27. The molecule has 0 spiro atoms. The van der Waals surface area contributed by atoms with Crippen LogP contribution in [0.5, 0.6) is 0 Å². The minimum Gasteiger partial charge on any atom is -0.354 e. The summed E-state index contributed by atoms with van der Waals surface area (Å²) in [4.78, 5) is 18.5. The number of guanidine groups is 1. The maximum atomic E-state index is 12.3. The van der Waals surface area contributed by atoms with Crippen LogP contribution in [0.25, 0.3) is 0 Å². The van der Waals surface area contributed by atoms with E-state index in [2.05, 4.69) is 46.8 Å². The van der Waals surface area contributed by atoms with Crippen molar-refractivity contribution in [2.24, 2.45) is 12.0 Å². The number of nitrogens with zero attached hydrogens (tertiary/aromatic N) is 4. The number of aliphatic imine (C=N–C) groups is 1. The molecule has 1 aliphatic rings. The first-order chi connectivity index (χ1) is 14.9. The summed E-state index contributed by atoms with van der Waals surface area (Å²) < 4.78 is 1.93. The summed E-state index contributed by atoms with van der Waals surface area (Å²) in [6, 6.07) is 8.11. The molecule has 8 heteroatoms. The molecule has 1 fully saturated rings. The zero-order valence-electron chi connectivity index (χ0n) is 19.3. The number of carbonyl (C=O) groups is 1. The van der Waals surface area contributed by atoms with E-state index >= 15 is 0 Å². The Morgan fingerprint density at radius 2 is 2.00 bits per heavy atom. The summed E-state index contributed by atoms with van der Waals surface area (Å²) in [6.45, 7) is 8.59. The molecular weight excluding hydrogens is 390 g/mol. The van der Waals surface area contributed by atoms with E-state index in [1.54, 1.807) is 7.05 Å². The van der Waals surface area contributed by atoms with Crippen molar-refractivity contribution >= 4 is 17.7 Å². The fraction of sp³-hybridized carbons (Fsp3) is 0.522. The monoisotopic (exact) mass is 425 g/mol. The second-order valence-electron chi connectivity index (χ2n) is 8.27. The van der Waals surface area contributed by atoms with Gasteiger partial charge in [0.2, 0.25) is 0 Å². The Morgan fingerprint density at radius 1 is 1.26 bits per heavy atom. The molecule has 168 valence electrons. The van der Waals surface area contributed by atoms with Crippen LogP contribution in [0.2, 0.25) is 0 Å². The number of carbonyl (C=O) groups excluding carboxylic acids is 1. The molecule has 2 amide bonds. The molecule has 0 saturated carbocycles. The van der Waals surface area contributed by atoms with Gasteiger partial charge in [0.15, 0.2) is 5.96 Å². The average molecular weight is 426 g/mol. The number of nitrogens with one attached hydrogen (secondary N) is 3. The molecule has 3 N–H and O–H groups in total. The highest BCUT2D eigenvalue weighted by Gasteiger charge is 2.18. The van der Waals surface area contributed by atoms with Crippen LogP contribution in [0.3, 0.4) is 0 Å². The zero-order chi connectivity index (χ0) is 22.4. The van der Waals surface area contributed by atoms with Crippen LogP contribution < -0.4 is 16.0 Å². The maximum absolute atomic E-state index is 12.3. The standard InChI is InChI=1S/C23H35N7O/c1-16(13-21-17(2)28-29(5)18(21)3)26-22(24-4)25-15-19-9-8-10-20(14-19)27-23(31)30-11-6-7-12-30/h8-10,14,16H,6-7,11-13,15H2,1-5H3,(H,27,31)(H2,24,25,26). The molecule has 3 rings (SSSR count). The van der Waals surface area contributed by atoms with E-state index in [-0.39, 0.29) is 12.1 Å². The number of rotatable bonds is 6. The summed E-state index contributed by atoms with van der Waals surface area (Å²) >= 11 is 0. The van der Waals surface area contributed by atoms with E-state index in [9.17, 15) is 4.79 Å². The number of hydrogen-bond acceptors (Lipinski definition) is 3. The molecule has 1 unspecified atom stereocenters. The highest BCUT2D eigenvalue weighted by Crippen LogP contribution is 2.15. The smallest absolute Gasteiger partial charge is 0.321 e. The van der Waals surface area contributed by atoms with E-state index in [0.29, 0.717) is 6.54 Å². The number of hydrogen-bond donors (Lipinski definition) is 3. The lowest BCUT2D eigenvalue weighted by atomic mass is 10.1. The van der Waals surface area contributed by atoms with Gasteiger partial charge >= 0.3 is 6.03 Å². The van der Waals surface area contributed by atoms with Crippen LogP contribution in [0.15, 0.2) is 29.3 Å². The maximum Gasteiger partial charge on any atom is 0.321 e. The van der Waals surface area contributed by atoms with E-state index in [1.165, 1.54) is 11.3 Å². The summed E-state index contributed by atoms with van der Waals surface area (Å²) in [5.74, 6) is 0.748. The van der Waals surface area contributed by atoms with Gasteiger partial charge in [0.25, 0.3) is 0 Å². The Morgan fingerprint density at radius 3 is 2.65 bits per heavy atom. The quantitative estimate of drug-likeness (QED) is 0.491. The van der Waals surface area contributed by atoms with Gasteiger partial charge in [0, 0.05) is 51.2 Å². The third-order valence-electron chi connectivity index (χ3n) is 5.81. The predicted molar refractivity (Wildman–Crippen MR) is 125 cm³/mol.